The van der Waals surface area contributed by atoms with Gasteiger partial charge in [0.15, 0.2) is 5.82 Å². The maximum atomic E-state index is 12.7. The van der Waals surface area contributed by atoms with Gasteiger partial charge in [0, 0.05) is 12.6 Å². The molecule has 1 N–H and O–H groups in total. The maximum Gasteiger partial charge on any atom is 0.417 e. The van der Waals surface area contributed by atoms with Crippen LogP contribution in [0.3, 0.4) is 0 Å². The molecular weight excluding hydrogens is 393 g/mol. The third-order valence-corrected chi connectivity index (χ3v) is 4.88. The number of halogens is 3. The minimum atomic E-state index is -4.46. The van der Waals surface area contributed by atoms with E-state index in [2.05, 4.69) is 32.5 Å². The van der Waals surface area contributed by atoms with Gasteiger partial charge in [0.25, 0.3) is 5.91 Å². The van der Waals surface area contributed by atoms with E-state index in [0.29, 0.717) is 10.8 Å². The highest BCUT2D eigenvalue weighted by molar-refractivity contribution is 7.15. The summed E-state index contributed by atoms with van der Waals surface area (Å²) in [6.45, 7) is 3.71. The van der Waals surface area contributed by atoms with Gasteiger partial charge in [0.1, 0.15) is 5.01 Å². The van der Waals surface area contributed by atoms with Gasteiger partial charge in [-0.05, 0) is 25.5 Å². The van der Waals surface area contributed by atoms with Gasteiger partial charge < -0.3 is 0 Å². The molecule has 0 unspecified atom stereocenters. The molecule has 0 aromatic carbocycles. The third kappa shape index (κ3) is 4.35. The maximum absolute atomic E-state index is 12.7. The predicted molar refractivity (Wildman–Crippen MR) is 97.6 cm³/mol. The molecule has 0 spiro atoms. The van der Waals surface area contributed by atoms with Crippen LogP contribution in [0.15, 0.2) is 24.5 Å². The van der Waals surface area contributed by atoms with Crippen molar-refractivity contribution in [3.63, 3.8) is 0 Å². The number of hydrogen-bond donors (Lipinski definition) is 1. The summed E-state index contributed by atoms with van der Waals surface area (Å²) in [4.78, 5) is 16.3. The molecule has 7 nitrogen and oxygen atoms in total. The van der Waals surface area contributed by atoms with E-state index >= 15 is 0 Å². The zero-order valence-corrected chi connectivity index (χ0v) is 15.9. The molecule has 0 saturated carbocycles. The van der Waals surface area contributed by atoms with E-state index in [1.54, 1.807) is 6.92 Å². The molecule has 11 heteroatoms. The first kappa shape index (κ1) is 19.9. The number of rotatable bonds is 6. The van der Waals surface area contributed by atoms with E-state index in [4.69, 9.17) is 0 Å². The lowest BCUT2D eigenvalue weighted by molar-refractivity contribution is -0.137. The minimum Gasteiger partial charge on any atom is -0.296 e. The Kier molecular flexibility index (Phi) is 5.73. The van der Waals surface area contributed by atoms with Crippen molar-refractivity contribution in [1.29, 1.82) is 0 Å². The highest BCUT2D eigenvalue weighted by Crippen LogP contribution is 2.29. The van der Waals surface area contributed by atoms with Gasteiger partial charge in [-0.1, -0.05) is 24.7 Å². The minimum absolute atomic E-state index is 0.183. The molecule has 0 saturated heterocycles. The van der Waals surface area contributed by atoms with Crippen molar-refractivity contribution in [2.45, 2.75) is 39.3 Å². The zero-order valence-electron chi connectivity index (χ0n) is 15.1. The van der Waals surface area contributed by atoms with E-state index in [9.17, 15) is 18.0 Å². The van der Waals surface area contributed by atoms with Crippen LogP contribution in [0.4, 0.5) is 18.3 Å². The number of pyridine rings is 1. The first-order chi connectivity index (χ1) is 13.3. The summed E-state index contributed by atoms with van der Waals surface area (Å²) in [5, 5.41) is 16.0. The predicted octanol–water partition coefficient (Wildman–Crippen LogP) is 4.04. The van der Waals surface area contributed by atoms with Gasteiger partial charge in [-0.15, -0.1) is 10.2 Å². The second-order valence-electron chi connectivity index (χ2n) is 6.02. The molecule has 0 bridgehead atoms. The number of carbonyl (C=O) groups excluding carboxylic acids is 1. The Hall–Kier alpha value is -2.82. The van der Waals surface area contributed by atoms with Crippen LogP contribution < -0.4 is 5.32 Å². The number of hydrogen-bond acceptors (Lipinski definition) is 6. The highest BCUT2D eigenvalue weighted by atomic mass is 32.1. The summed E-state index contributed by atoms with van der Waals surface area (Å²) in [6, 6.07) is 2.12. The Morgan fingerprint density at radius 3 is 2.68 bits per heavy atom. The first-order valence-corrected chi connectivity index (χ1v) is 9.33. The van der Waals surface area contributed by atoms with Crippen LogP contribution in [0.1, 0.15) is 46.4 Å². The van der Waals surface area contributed by atoms with Crippen LogP contribution in [-0.2, 0) is 12.6 Å². The normalized spacial score (nSPS) is 11.6. The van der Waals surface area contributed by atoms with Crippen molar-refractivity contribution in [2.24, 2.45) is 0 Å². The van der Waals surface area contributed by atoms with Crippen LogP contribution in [0, 0.1) is 6.92 Å². The highest BCUT2D eigenvalue weighted by Gasteiger charge is 2.30. The quantitative estimate of drug-likeness (QED) is 0.663. The van der Waals surface area contributed by atoms with Gasteiger partial charge >= 0.3 is 6.18 Å². The monoisotopic (exact) mass is 410 g/mol. The van der Waals surface area contributed by atoms with E-state index < -0.39 is 17.6 Å². The SMILES string of the molecule is CCCCc1nnc(NC(=O)c2cnn(-c3ccc(C(F)(F)F)cn3)c2C)s1. The molecule has 0 radical (unpaired) electrons. The Morgan fingerprint density at radius 1 is 1.25 bits per heavy atom. The lowest BCUT2D eigenvalue weighted by Crippen LogP contribution is -2.13. The average molecular weight is 410 g/mol. The number of amides is 1. The second kappa shape index (κ2) is 8.05. The van der Waals surface area contributed by atoms with E-state index in [1.165, 1.54) is 28.3 Å². The molecule has 0 fully saturated rings. The number of nitrogens with one attached hydrogen (secondary N) is 1. The molecule has 3 aromatic heterocycles. The smallest absolute Gasteiger partial charge is 0.296 e. The van der Waals surface area contributed by atoms with E-state index in [-0.39, 0.29) is 11.4 Å². The lowest BCUT2D eigenvalue weighted by Gasteiger charge is -2.08. The van der Waals surface area contributed by atoms with Crippen LogP contribution >= 0.6 is 11.3 Å². The van der Waals surface area contributed by atoms with Crippen molar-refractivity contribution in [2.75, 3.05) is 5.32 Å². The molecular formula is C17H17F3N6OS. The zero-order chi connectivity index (χ0) is 20.3. The van der Waals surface area contributed by atoms with Crippen molar-refractivity contribution in [1.82, 2.24) is 25.0 Å². The largest absolute Gasteiger partial charge is 0.417 e. The molecule has 0 aliphatic rings. The first-order valence-electron chi connectivity index (χ1n) is 8.51. The number of aryl methyl sites for hydroxylation is 1. The topological polar surface area (TPSA) is 85.6 Å². The summed E-state index contributed by atoms with van der Waals surface area (Å²) in [6.07, 6.45) is 0.443. The number of alkyl halides is 3. The third-order valence-electron chi connectivity index (χ3n) is 3.98. The standard InChI is InChI=1S/C17H17F3N6OS/c1-3-4-5-14-24-25-16(28-14)23-15(27)12-9-22-26(10(12)2)13-7-6-11(8-21-13)17(18,19)20/h6-9H,3-5H2,1-2H3,(H,23,25,27). The number of carbonyl (C=O) groups is 1. The fourth-order valence-corrected chi connectivity index (χ4v) is 3.22. The second-order valence-corrected chi connectivity index (χ2v) is 7.08. The van der Waals surface area contributed by atoms with Crippen LogP contribution in [0.25, 0.3) is 5.82 Å². The number of aromatic nitrogens is 5. The molecule has 3 rings (SSSR count). The summed E-state index contributed by atoms with van der Waals surface area (Å²) < 4.78 is 39.3. The number of unbranched alkanes of at least 4 members (excludes halogenated alkanes) is 1. The van der Waals surface area contributed by atoms with Crippen molar-refractivity contribution in [3.8, 4) is 5.82 Å². The van der Waals surface area contributed by atoms with Gasteiger partial charge in [-0.3, -0.25) is 10.1 Å². The Bertz CT molecular complexity index is 964. The van der Waals surface area contributed by atoms with Crippen LogP contribution in [0.5, 0.6) is 0 Å². The van der Waals surface area contributed by atoms with E-state index in [1.807, 2.05) is 0 Å². The van der Waals surface area contributed by atoms with Gasteiger partial charge in [-0.2, -0.15) is 18.3 Å². The molecule has 0 aliphatic heterocycles. The summed E-state index contributed by atoms with van der Waals surface area (Å²) in [5.41, 5.74) is -0.137. The lowest BCUT2D eigenvalue weighted by atomic mass is 10.2. The Labute approximate surface area is 162 Å². The van der Waals surface area contributed by atoms with Gasteiger partial charge in [0.05, 0.1) is 23.0 Å². The summed E-state index contributed by atoms with van der Waals surface area (Å²) in [5.74, 6) is -0.240. The van der Waals surface area contributed by atoms with E-state index in [0.717, 1.165) is 36.5 Å². The van der Waals surface area contributed by atoms with Crippen LogP contribution in [0.2, 0.25) is 0 Å². The van der Waals surface area contributed by atoms with Gasteiger partial charge in [-0.25, -0.2) is 9.67 Å². The van der Waals surface area contributed by atoms with Crippen molar-refractivity contribution in [3.05, 3.63) is 46.4 Å². The average Bonchev–Trinajstić information content (AvgIpc) is 3.25. The number of nitrogens with zero attached hydrogens (tertiary/aromatic N) is 5. The fourth-order valence-electron chi connectivity index (χ4n) is 2.44. The summed E-state index contributed by atoms with van der Waals surface area (Å²) in [7, 11) is 0. The van der Waals surface area contributed by atoms with Crippen molar-refractivity contribution >= 4 is 22.4 Å². The van der Waals surface area contributed by atoms with Gasteiger partial charge in [0.2, 0.25) is 5.13 Å². The number of anilines is 1. The Morgan fingerprint density at radius 2 is 2.04 bits per heavy atom. The molecule has 0 aliphatic carbocycles. The van der Waals surface area contributed by atoms with Crippen LogP contribution in [-0.4, -0.2) is 30.9 Å². The fraction of sp³-hybridized carbons (Fsp3) is 0.353. The van der Waals surface area contributed by atoms with Crippen molar-refractivity contribution < 1.29 is 18.0 Å². The Balaban J connectivity index is 1.75. The molecule has 3 aromatic rings. The molecule has 148 valence electrons. The molecule has 0 atom stereocenters. The summed E-state index contributed by atoms with van der Waals surface area (Å²) >= 11 is 1.31. The molecule has 3 heterocycles. The molecule has 28 heavy (non-hydrogen) atoms. The molecule has 1 amide bonds.